The fraction of sp³-hybridized carbons (Fsp3) is 1.00. The molecule has 2 aliphatic carbocycles. The third kappa shape index (κ3) is 1.53. The molecule has 3 fully saturated rings. The third-order valence-corrected chi connectivity index (χ3v) is 5.76. The van der Waals surface area contributed by atoms with Crippen molar-refractivity contribution in [2.24, 2.45) is 11.8 Å². The molecule has 14 heavy (non-hydrogen) atoms. The molecular weight excluding hydrogens is 287 g/mol. The van der Waals surface area contributed by atoms with Crippen LogP contribution in [0.5, 0.6) is 0 Å². The minimum Gasteiger partial charge on any atom is -0.373 e. The van der Waals surface area contributed by atoms with Crippen LogP contribution < -0.4 is 0 Å². The van der Waals surface area contributed by atoms with E-state index in [1.54, 1.807) is 0 Å². The maximum atomic E-state index is 6.27. The van der Waals surface area contributed by atoms with E-state index in [1.807, 2.05) is 0 Å². The number of fused-ring (bicyclic) bond motifs is 3. The SMILES string of the molecule is IC1CCCC2C3CCCCC3OC12. The van der Waals surface area contributed by atoms with Gasteiger partial charge < -0.3 is 4.74 Å². The molecule has 3 aliphatic rings. The molecule has 5 atom stereocenters. The molecule has 3 rings (SSSR count). The van der Waals surface area contributed by atoms with Crippen molar-refractivity contribution in [3.05, 3.63) is 0 Å². The average Bonchev–Trinajstić information content (AvgIpc) is 2.59. The van der Waals surface area contributed by atoms with Gasteiger partial charge in [-0.2, -0.15) is 0 Å². The lowest BCUT2D eigenvalue weighted by atomic mass is 9.73. The van der Waals surface area contributed by atoms with Crippen LogP contribution in [0.25, 0.3) is 0 Å². The van der Waals surface area contributed by atoms with E-state index in [9.17, 15) is 0 Å². The Labute approximate surface area is 100 Å². The van der Waals surface area contributed by atoms with Crippen molar-refractivity contribution >= 4 is 22.6 Å². The predicted molar refractivity (Wildman–Crippen MR) is 65.8 cm³/mol. The molecule has 0 radical (unpaired) electrons. The molecule has 80 valence electrons. The van der Waals surface area contributed by atoms with Crippen molar-refractivity contribution in [3.8, 4) is 0 Å². The van der Waals surface area contributed by atoms with Crippen LogP contribution in [0.2, 0.25) is 0 Å². The van der Waals surface area contributed by atoms with E-state index in [4.69, 9.17) is 4.74 Å². The number of alkyl halides is 1. The summed E-state index contributed by atoms with van der Waals surface area (Å²) >= 11 is 2.62. The van der Waals surface area contributed by atoms with Crippen LogP contribution >= 0.6 is 22.6 Å². The van der Waals surface area contributed by atoms with Gasteiger partial charge >= 0.3 is 0 Å². The number of rotatable bonds is 0. The first-order valence-electron chi connectivity index (χ1n) is 6.16. The highest BCUT2D eigenvalue weighted by Gasteiger charge is 2.48. The highest BCUT2D eigenvalue weighted by Crippen LogP contribution is 2.48. The number of ether oxygens (including phenoxy) is 1. The summed E-state index contributed by atoms with van der Waals surface area (Å²) in [6, 6.07) is 0. The lowest BCUT2D eigenvalue weighted by molar-refractivity contribution is 0.0119. The standard InChI is InChI=1S/C12H19IO/c13-10-6-3-5-9-8-4-1-2-7-11(8)14-12(9)10/h8-12H,1-7H2. The van der Waals surface area contributed by atoms with Crippen LogP contribution in [0.1, 0.15) is 44.9 Å². The maximum absolute atomic E-state index is 6.27. The molecule has 0 bridgehead atoms. The molecule has 2 heteroatoms. The van der Waals surface area contributed by atoms with E-state index in [1.165, 1.54) is 44.9 Å². The Kier molecular flexibility index (Phi) is 2.77. The highest BCUT2D eigenvalue weighted by atomic mass is 127. The van der Waals surface area contributed by atoms with Crippen LogP contribution in [0.15, 0.2) is 0 Å². The minimum atomic E-state index is 0.623. The first-order chi connectivity index (χ1) is 6.86. The number of hydrogen-bond donors (Lipinski definition) is 0. The predicted octanol–water partition coefficient (Wildman–Crippen LogP) is 3.55. The fourth-order valence-electron chi connectivity index (χ4n) is 3.78. The number of hydrogen-bond acceptors (Lipinski definition) is 1. The van der Waals surface area contributed by atoms with E-state index in [0.717, 1.165) is 15.8 Å². The summed E-state index contributed by atoms with van der Waals surface area (Å²) in [7, 11) is 0. The highest BCUT2D eigenvalue weighted by molar-refractivity contribution is 14.1. The average molecular weight is 306 g/mol. The third-order valence-electron chi connectivity index (χ3n) is 4.43. The summed E-state index contributed by atoms with van der Waals surface area (Å²) in [6.07, 6.45) is 11.2. The normalized spacial score (nSPS) is 52.5. The van der Waals surface area contributed by atoms with Gasteiger partial charge in [-0.15, -0.1) is 0 Å². The second kappa shape index (κ2) is 3.93. The minimum absolute atomic E-state index is 0.623. The monoisotopic (exact) mass is 306 g/mol. The lowest BCUT2D eigenvalue weighted by Crippen LogP contribution is -2.33. The van der Waals surface area contributed by atoms with Crippen LogP contribution in [0, 0.1) is 11.8 Å². The summed E-state index contributed by atoms with van der Waals surface area (Å²) in [4.78, 5) is 0. The second-order valence-electron chi connectivity index (χ2n) is 5.20. The first kappa shape index (κ1) is 9.88. The molecule has 0 aromatic carbocycles. The first-order valence-corrected chi connectivity index (χ1v) is 7.40. The Balaban J connectivity index is 1.79. The quantitative estimate of drug-likeness (QED) is 0.491. The van der Waals surface area contributed by atoms with Gasteiger partial charge in [0.2, 0.25) is 0 Å². The Bertz CT molecular complexity index is 216. The molecule has 0 spiro atoms. The summed E-state index contributed by atoms with van der Waals surface area (Å²) in [5, 5.41) is 0. The van der Waals surface area contributed by atoms with Gasteiger partial charge in [0.25, 0.3) is 0 Å². The van der Waals surface area contributed by atoms with Crippen LogP contribution in [-0.2, 0) is 4.74 Å². The topological polar surface area (TPSA) is 9.23 Å². The molecule has 0 aromatic heterocycles. The summed E-state index contributed by atoms with van der Waals surface area (Å²) in [6.45, 7) is 0. The molecule has 0 aromatic rings. The molecule has 1 nitrogen and oxygen atoms in total. The molecule has 0 amide bonds. The fourth-order valence-corrected chi connectivity index (χ4v) is 4.92. The second-order valence-corrected chi connectivity index (χ2v) is 6.80. The van der Waals surface area contributed by atoms with Crippen LogP contribution in [-0.4, -0.2) is 16.1 Å². The van der Waals surface area contributed by atoms with Crippen LogP contribution in [0.3, 0.4) is 0 Å². The van der Waals surface area contributed by atoms with Crippen molar-refractivity contribution in [2.75, 3.05) is 0 Å². The maximum Gasteiger partial charge on any atom is 0.0728 e. The molecule has 1 heterocycles. The summed E-state index contributed by atoms with van der Waals surface area (Å²) < 4.78 is 7.08. The lowest BCUT2D eigenvalue weighted by Gasteiger charge is -2.32. The smallest absolute Gasteiger partial charge is 0.0728 e. The Morgan fingerprint density at radius 1 is 0.857 bits per heavy atom. The van der Waals surface area contributed by atoms with Crippen molar-refractivity contribution in [1.82, 2.24) is 0 Å². The zero-order valence-electron chi connectivity index (χ0n) is 8.62. The van der Waals surface area contributed by atoms with Gasteiger partial charge in [-0.25, -0.2) is 0 Å². The largest absolute Gasteiger partial charge is 0.373 e. The zero-order valence-corrected chi connectivity index (χ0v) is 10.8. The van der Waals surface area contributed by atoms with E-state index in [-0.39, 0.29) is 0 Å². The molecule has 2 saturated carbocycles. The Morgan fingerprint density at radius 2 is 1.64 bits per heavy atom. The Morgan fingerprint density at radius 3 is 2.57 bits per heavy atom. The van der Waals surface area contributed by atoms with Crippen molar-refractivity contribution in [1.29, 1.82) is 0 Å². The van der Waals surface area contributed by atoms with Gasteiger partial charge in [-0.3, -0.25) is 0 Å². The summed E-state index contributed by atoms with van der Waals surface area (Å²) in [5.41, 5.74) is 0. The van der Waals surface area contributed by atoms with E-state index >= 15 is 0 Å². The molecule has 0 N–H and O–H groups in total. The van der Waals surface area contributed by atoms with Gasteiger partial charge in [0, 0.05) is 3.92 Å². The van der Waals surface area contributed by atoms with Crippen molar-refractivity contribution < 1.29 is 4.74 Å². The number of halogens is 1. The van der Waals surface area contributed by atoms with E-state index in [2.05, 4.69) is 22.6 Å². The molecule has 1 aliphatic heterocycles. The molecule has 5 unspecified atom stereocenters. The van der Waals surface area contributed by atoms with Gasteiger partial charge in [-0.1, -0.05) is 41.9 Å². The van der Waals surface area contributed by atoms with Crippen LogP contribution in [0.4, 0.5) is 0 Å². The van der Waals surface area contributed by atoms with Crippen molar-refractivity contribution in [3.63, 3.8) is 0 Å². The van der Waals surface area contributed by atoms with Gasteiger partial charge in [0.1, 0.15) is 0 Å². The zero-order chi connectivity index (χ0) is 9.54. The summed E-state index contributed by atoms with van der Waals surface area (Å²) in [5.74, 6) is 1.86. The van der Waals surface area contributed by atoms with Gasteiger partial charge in [-0.05, 0) is 37.5 Å². The van der Waals surface area contributed by atoms with E-state index in [0.29, 0.717) is 12.2 Å². The molecular formula is C12H19IO. The van der Waals surface area contributed by atoms with Gasteiger partial charge in [0.15, 0.2) is 0 Å². The molecule has 1 saturated heterocycles. The van der Waals surface area contributed by atoms with Gasteiger partial charge in [0.05, 0.1) is 12.2 Å². The Hall–Kier alpha value is 0.690. The van der Waals surface area contributed by atoms with Crippen molar-refractivity contribution in [2.45, 2.75) is 61.1 Å². The van der Waals surface area contributed by atoms with E-state index < -0.39 is 0 Å².